The lowest BCUT2D eigenvalue weighted by atomic mass is 10.2. The number of thioether (sulfide) groups is 1. The molecule has 2 aromatic heterocycles. The average molecular weight is 425 g/mol. The van der Waals surface area contributed by atoms with E-state index in [0.29, 0.717) is 17.1 Å². The van der Waals surface area contributed by atoms with Crippen LogP contribution in [0.3, 0.4) is 0 Å². The Morgan fingerprint density at radius 3 is 2.38 bits per heavy atom. The first-order chi connectivity index (χ1) is 13.5. The van der Waals surface area contributed by atoms with Crippen molar-refractivity contribution in [2.45, 2.75) is 24.9 Å². The molecule has 29 heavy (non-hydrogen) atoms. The van der Waals surface area contributed by atoms with E-state index in [2.05, 4.69) is 16.5 Å². The Hall–Kier alpha value is -2.75. The van der Waals surface area contributed by atoms with Gasteiger partial charge in [0.15, 0.2) is 0 Å². The Labute approximate surface area is 171 Å². The first-order valence-electron chi connectivity index (χ1n) is 8.60. The number of amides is 1. The second-order valence-electron chi connectivity index (χ2n) is 6.18. The van der Waals surface area contributed by atoms with E-state index in [0.717, 1.165) is 22.9 Å². The molecule has 0 bridgehead atoms. The molecule has 0 atom stereocenters. The van der Waals surface area contributed by atoms with Crippen LogP contribution in [0.15, 0.2) is 36.0 Å². The Bertz CT molecular complexity index is 933. The Kier molecular flexibility index (Phi) is 6.78. The highest BCUT2D eigenvalue weighted by atomic mass is 32.2. The molecule has 0 radical (unpaired) electrons. The molecule has 2 rings (SSSR count). The van der Waals surface area contributed by atoms with Crippen LogP contribution >= 0.6 is 11.8 Å². The summed E-state index contributed by atoms with van der Waals surface area (Å²) in [5, 5.41) is 0. The van der Waals surface area contributed by atoms with Crippen LogP contribution in [0.5, 0.6) is 0 Å². The minimum atomic E-state index is -4.58. The summed E-state index contributed by atoms with van der Waals surface area (Å²) in [6.45, 7) is 7.45. The highest BCUT2D eigenvalue weighted by Gasteiger charge is 2.33. The third-order valence-electron chi connectivity index (χ3n) is 4.24. The van der Waals surface area contributed by atoms with Crippen molar-refractivity contribution in [3.05, 3.63) is 42.5 Å². The predicted octanol–water partition coefficient (Wildman–Crippen LogP) is 4.28. The molecule has 2 heterocycles. The fourth-order valence-electron chi connectivity index (χ4n) is 2.48. The van der Waals surface area contributed by atoms with Gasteiger partial charge in [0.25, 0.3) is 0 Å². The number of alkyl halides is 3. The van der Waals surface area contributed by atoms with Crippen molar-refractivity contribution in [3.63, 3.8) is 0 Å². The summed E-state index contributed by atoms with van der Waals surface area (Å²) < 4.78 is 38.5. The number of nitrogen functional groups attached to an aromatic ring is 1. The first-order valence-corrected chi connectivity index (χ1v) is 9.58. The quantitative estimate of drug-likeness (QED) is 0.697. The van der Waals surface area contributed by atoms with Crippen molar-refractivity contribution in [1.82, 2.24) is 9.97 Å². The van der Waals surface area contributed by atoms with Crippen molar-refractivity contribution in [1.29, 1.82) is 0 Å². The van der Waals surface area contributed by atoms with E-state index in [4.69, 9.17) is 5.73 Å². The molecular weight excluding hydrogens is 403 g/mol. The van der Waals surface area contributed by atoms with Crippen molar-refractivity contribution in [2.24, 2.45) is 0 Å². The molecule has 2 aromatic rings. The zero-order valence-electron chi connectivity index (χ0n) is 16.5. The van der Waals surface area contributed by atoms with Gasteiger partial charge in [-0.3, -0.25) is 9.78 Å². The number of anilines is 3. The second-order valence-corrected chi connectivity index (χ2v) is 7.49. The molecule has 6 nitrogen and oxygen atoms in total. The minimum Gasteiger partial charge on any atom is -0.397 e. The zero-order chi connectivity index (χ0) is 21.9. The number of nitrogens with two attached hydrogens (primary N) is 1. The number of nitrogens with zero attached hydrogens (tertiary/aromatic N) is 4. The molecule has 2 N–H and O–H groups in total. The maximum absolute atomic E-state index is 12.8. The summed E-state index contributed by atoms with van der Waals surface area (Å²) in [6, 6.07) is 2.62. The van der Waals surface area contributed by atoms with Crippen molar-refractivity contribution in [3.8, 4) is 0 Å². The van der Waals surface area contributed by atoms with Crippen LogP contribution in [-0.2, 0) is 11.0 Å². The van der Waals surface area contributed by atoms with E-state index in [1.165, 1.54) is 23.6 Å². The third-order valence-corrected chi connectivity index (χ3v) is 5.15. The van der Waals surface area contributed by atoms with Gasteiger partial charge in [-0.1, -0.05) is 13.5 Å². The van der Waals surface area contributed by atoms with Gasteiger partial charge in [-0.2, -0.15) is 13.2 Å². The van der Waals surface area contributed by atoms with Crippen molar-refractivity contribution < 1.29 is 18.0 Å². The fourth-order valence-corrected chi connectivity index (χ4v) is 3.31. The number of hydrogen-bond donors (Lipinski definition) is 1. The predicted molar refractivity (Wildman–Crippen MR) is 111 cm³/mol. The highest BCUT2D eigenvalue weighted by Crippen LogP contribution is 2.36. The largest absolute Gasteiger partial charge is 0.433 e. The second kappa shape index (κ2) is 8.73. The number of pyridine rings is 2. The summed E-state index contributed by atoms with van der Waals surface area (Å²) in [5.74, 6) is 0.620. The van der Waals surface area contributed by atoms with Crippen LogP contribution in [0.25, 0.3) is 5.70 Å². The zero-order valence-corrected chi connectivity index (χ0v) is 17.4. The first kappa shape index (κ1) is 22.5. The normalized spacial score (nSPS) is 11.3. The van der Waals surface area contributed by atoms with Crippen LogP contribution in [-0.4, -0.2) is 35.7 Å². The van der Waals surface area contributed by atoms with Crippen molar-refractivity contribution >= 4 is 40.4 Å². The lowest BCUT2D eigenvalue weighted by molar-refractivity contribution is -0.141. The Morgan fingerprint density at radius 1 is 1.21 bits per heavy atom. The van der Waals surface area contributed by atoms with Gasteiger partial charge in [0.05, 0.1) is 40.8 Å². The molecule has 10 heteroatoms. The number of hydrogen-bond acceptors (Lipinski definition) is 6. The molecule has 0 spiro atoms. The number of halogens is 3. The van der Waals surface area contributed by atoms with Crippen LogP contribution < -0.4 is 15.5 Å². The molecule has 1 amide bonds. The van der Waals surface area contributed by atoms with E-state index in [1.54, 1.807) is 25.2 Å². The van der Waals surface area contributed by atoms with Crippen molar-refractivity contribution in [2.75, 3.05) is 35.4 Å². The maximum Gasteiger partial charge on any atom is 0.433 e. The topological polar surface area (TPSA) is 75.4 Å². The average Bonchev–Trinajstić information content (AvgIpc) is 2.65. The molecule has 0 saturated carbocycles. The summed E-state index contributed by atoms with van der Waals surface area (Å²) in [6.07, 6.45) is -1.97. The maximum atomic E-state index is 12.8. The molecule has 0 saturated heterocycles. The smallest absolute Gasteiger partial charge is 0.397 e. The van der Waals surface area contributed by atoms with Gasteiger partial charge in [0.1, 0.15) is 5.69 Å². The van der Waals surface area contributed by atoms with Gasteiger partial charge in [0.2, 0.25) is 5.91 Å². The summed E-state index contributed by atoms with van der Waals surface area (Å²) in [5.41, 5.74) is 6.59. The molecular formula is C19H22F3N5OS. The molecule has 0 aromatic carbocycles. The van der Waals surface area contributed by atoms with Gasteiger partial charge in [0, 0.05) is 25.9 Å². The molecule has 0 unspecified atom stereocenters. The monoisotopic (exact) mass is 425 g/mol. The standard InChI is InChI=1S/C19H22F3N5OS/c1-6-29-16-7-13(27(5)12(3)28)9-25-18(16)11(2)26(4)15-10-24-17(8-14(15)23)19(20,21)22/h7-10H,2,6H2,1,3-5H3,(H2,23,24). The van der Waals surface area contributed by atoms with Gasteiger partial charge < -0.3 is 15.5 Å². The van der Waals surface area contributed by atoms with E-state index in [-0.39, 0.29) is 17.3 Å². The molecule has 0 aliphatic heterocycles. The van der Waals surface area contributed by atoms with E-state index in [1.807, 2.05) is 13.0 Å². The summed E-state index contributed by atoms with van der Waals surface area (Å²) >= 11 is 1.51. The summed E-state index contributed by atoms with van der Waals surface area (Å²) in [4.78, 5) is 23.3. The lowest BCUT2D eigenvalue weighted by Gasteiger charge is -2.25. The number of carbonyl (C=O) groups is 1. The van der Waals surface area contributed by atoms with E-state index < -0.39 is 11.9 Å². The van der Waals surface area contributed by atoms with E-state index in [9.17, 15) is 18.0 Å². The highest BCUT2D eigenvalue weighted by molar-refractivity contribution is 7.99. The SMILES string of the molecule is C=C(c1ncc(N(C)C(C)=O)cc1SCC)N(C)c1cnc(C(F)(F)F)cc1N. The molecule has 0 fully saturated rings. The Balaban J connectivity index is 2.41. The van der Waals surface area contributed by atoms with Crippen LogP contribution in [0.2, 0.25) is 0 Å². The molecule has 156 valence electrons. The Morgan fingerprint density at radius 2 is 1.86 bits per heavy atom. The number of aromatic nitrogens is 2. The minimum absolute atomic E-state index is 0.0754. The third kappa shape index (κ3) is 5.00. The number of rotatable bonds is 6. The summed E-state index contributed by atoms with van der Waals surface area (Å²) in [7, 11) is 3.27. The fraction of sp³-hybridized carbons (Fsp3) is 0.316. The molecule has 0 aliphatic carbocycles. The molecule has 0 aliphatic rings. The van der Waals surface area contributed by atoms with Crippen LogP contribution in [0, 0.1) is 0 Å². The van der Waals surface area contributed by atoms with Gasteiger partial charge in [-0.05, 0) is 17.9 Å². The van der Waals surface area contributed by atoms with Crippen LogP contribution in [0.1, 0.15) is 25.2 Å². The number of carbonyl (C=O) groups excluding carboxylic acids is 1. The van der Waals surface area contributed by atoms with Gasteiger partial charge >= 0.3 is 6.18 Å². The van der Waals surface area contributed by atoms with Gasteiger partial charge in [-0.25, -0.2) is 4.98 Å². The lowest BCUT2D eigenvalue weighted by Crippen LogP contribution is -2.23. The van der Waals surface area contributed by atoms with Gasteiger partial charge in [-0.15, -0.1) is 11.8 Å². The van der Waals surface area contributed by atoms with Crippen LogP contribution in [0.4, 0.5) is 30.2 Å². The van der Waals surface area contributed by atoms with E-state index >= 15 is 0 Å².